The Labute approximate surface area is 232 Å². The first-order chi connectivity index (χ1) is 19.2. The molecule has 0 saturated carbocycles. The highest BCUT2D eigenvalue weighted by Gasteiger charge is 2.35. The molecular formula is C27H32F2N6O4S. The first-order valence-corrected chi connectivity index (χ1v) is 15.1. The zero-order valence-electron chi connectivity index (χ0n) is 22.1. The van der Waals surface area contributed by atoms with Crippen molar-refractivity contribution < 1.29 is 22.6 Å². The zero-order valence-corrected chi connectivity index (χ0v) is 23.0. The van der Waals surface area contributed by atoms with Gasteiger partial charge >= 0.3 is 11.7 Å². The number of aromatic amines is 1. The van der Waals surface area contributed by atoms with Gasteiger partial charge in [0, 0.05) is 67.1 Å². The number of benzene rings is 1. The summed E-state index contributed by atoms with van der Waals surface area (Å²) < 4.78 is 42.0. The Hall–Kier alpha value is -3.61. The quantitative estimate of drug-likeness (QED) is 0.469. The van der Waals surface area contributed by atoms with Crippen molar-refractivity contribution in [1.29, 1.82) is 0 Å². The summed E-state index contributed by atoms with van der Waals surface area (Å²) in [5.41, 5.74) is 1.19. The van der Waals surface area contributed by atoms with Gasteiger partial charge in [-0.25, -0.2) is 23.4 Å². The number of carbonyl (C=O) groups is 2. The van der Waals surface area contributed by atoms with Crippen LogP contribution in [-0.2, 0) is 15.6 Å². The number of hydrogen-bond acceptors (Lipinski definition) is 5. The number of urea groups is 1. The predicted molar refractivity (Wildman–Crippen MR) is 146 cm³/mol. The highest BCUT2D eigenvalue weighted by Crippen LogP contribution is 2.30. The number of piperidine rings is 1. The van der Waals surface area contributed by atoms with E-state index in [1.165, 1.54) is 23.3 Å². The molecule has 13 heteroatoms. The Morgan fingerprint density at radius 1 is 1.12 bits per heavy atom. The fourth-order valence-corrected chi connectivity index (χ4v) is 6.19. The van der Waals surface area contributed by atoms with Crippen molar-refractivity contribution in [2.24, 2.45) is 0 Å². The Kier molecular flexibility index (Phi) is 8.29. The monoisotopic (exact) mass is 574 g/mol. The Balaban J connectivity index is 1.26. The summed E-state index contributed by atoms with van der Waals surface area (Å²) in [5.74, 6) is -2.44. The minimum absolute atomic E-state index is 0.0960. The van der Waals surface area contributed by atoms with Gasteiger partial charge in [-0.1, -0.05) is 12.1 Å². The van der Waals surface area contributed by atoms with Crippen LogP contribution < -0.4 is 11.0 Å². The van der Waals surface area contributed by atoms with E-state index >= 15 is 0 Å². The van der Waals surface area contributed by atoms with Crippen LogP contribution in [0, 0.1) is 11.6 Å². The number of amides is 3. The average molecular weight is 575 g/mol. The average Bonchev–Trinajstić information content (AvgIpc) is 3.20. The molecule has 3 atom stereocenters. The lowest BCUT2D eigenvalue weighted by Crippen LogP contribution is -2.53. The fourth-order valence-electron chi connectivity index (χ4n) is 5.71. The van der Waals surface area contributed by atoms with Crippen LogP contribution >= 0.6 is 0 Å². The standard InChI is InChI=1S/C27H32F2N6O4S/c1-40(39)15-14-34-16-17(19-4-2-5-20(28)23(19)29)7-8-21(25(34)36)31-26(37)33-12-9-18(10-13-33)35-22-6-3-11-30-24(22)32-27(35)38/h2-6,11,17-18,21H,7-10,12-16H2,1H3,(H,31,37)(H,30,32,38). The van der Waals surface area contributed by atoms with E-state index in [2.05, 4.69) is 15.3 Å². The molecule has 4 heterocycles. The first-order valence-electron chi connectivity index (χ1n) is 13.4. The van der Waals surface area contributed by atoms with Crippen molar-refractivity contribution in [1.82, 2.24) is 29.7 Å². The molecule has 0 bridgehead atoms. The van der Waals surface area contributed by atoms with Crippen LogP contribution in [0.25, 0.3) is 11.2 Å². The normalized spacial score (nSPS) is 21.4. The Bertz CT molecular complexity index is 1490. The molecular weight excluding hydrogens is 542 g/mol. The molecule has 0 radical (unpaired) electrons. The number of hydrogen-bond donors (Lipinski definition) is 2. The molecule has 2 aliphatic rings. The van der Waals surface area contributed by atoms with Gasteiger partial charge in [0.05, 0.1) is 5.52 Å². The number of pyridine rings is 1. The second-order valence-electron chi connectivity index (χ2n) is 10.4. The molecule has 5 rings (SSSR count). The first kappa shape index (κ1) is 27.9. The van der Waals surface area contributed by atoms with Crippen molar-refractivity contribution in [3.05, 3.63) is 64.2 Å². The molecule has 214 valence electrons. The fraction of sp³-hybridized carbons (Fsp3) is 0.481. The van der Waals surface area contributed by atoms with Crippen molar-refractivity contribution in [2.45, 2.75) is 43.7 Å². The third-order valence-electron chi connectivity index (χ3n) is 7.83. The van der Waals surface area contributed by atoms with Gasteiger partial charge in [-0.15, -0.1) is 0 Å². The lowest BCUT2D eigenvalue weighted by Gasteiger charge is -2.34. The van der Waals surface area contributed by atoms with Gasteiger partial charge in [0.25, 0.3) is 0 Å². The summed E-state index contributed by atoms with van der Waals surface area (Å²) in [6.45, 7) is 1.11. The van der Waals surface area contributed by atoms with Gasteiger partial charge in [-0.2, -0.15) is 0 Å². The third-order valence-corrected chi connectivity index (χ3v) is 8.59. The topological polar surface area (TPSA) is 120 Å². The number of rotatable bonds is 6. The van der Waals surface area contributed by atoms with E-state index in [-0.39, 0.29) is 54.5 Å². The number of halogens is 2. The molecule has 0 spiro atoms. The van der Waals surface area contributed by atoms with Crippen LogP contribution in [0.1, 0.15) is 43.2 Å². The molecule has 3 amide bonds. The number of carbonyl (C=O) groups excluding carboxylic acids is 2. The van der Waals surface area contributed by atoms with Gasteiger partial charge < -0.3 is 15.1 Å². The zero-order chi connectivity index (χ0) is 28.4. The number of H-pyrrole nitrogens is 1. The molecule has 2 saturated heterocycles. The van der Waals surface area contributed by atoms with Crippen LogP contribution in [0.5, 0.6) is 0 Å². The maximum absolute atomic E-state index is 14.6. The third kappa shape index (κ3) is 5.79. The molecule has 1 aromatic carbocycles. The Morgan fingerprint density at radius 3 is 2.65 bits per heavy atom. The van der Waals surface area contributed by atoms with E-state index in [9.17, 15) is 27.4 Å². The van der Waals surface area contributed by atoms with Crippen LogP contribution in [0.3, 0.4) is 0 Å². The Morgan fingerprint density at radius 2 is 1.90 bits per heavy atom. The van der Waals surface area contributed by atoms with Crippen molar-refractivity contribution in [3.63, 3.8) is 0 Å². The van der Waals surface area contributed by atoms with E-state index in [0.717, 1.165) is 11.6 Å². The van der Waals surface area contributed by atoms with Crippen LogP contribution in [0.15, 0.2) is 41.3 Å². The van der Waals surface area contributed by atoms with Gasteiger partial charge in [-0.05, 0) is 49.4 Å². The van der Waals surface area contributed by atoms with Crippen LogP contribution in [-0.4, -0.2) is 84.7 Å². The highest BCUT2D eigenvalue weighted by atomic mass is 32.2. The molecule has 2 aromatic heterocycles. The lowest BCUT2D eigenvalue weighted by molar-refractivity contribution is -0.132. The van der Waals surface area contributed by atoms with E-state index in [1.54, 1.807) is 21.7 Å². The van der Waals surface area contributed by atoms with Crippen LogP contribution in [0.4, 0.5) is 13.6 Å². The molecule has 10 nitrogen and oxygen atoms in total. The number of nitrogens with zero attached hydrogens (tertiary/aromatic N) is 4. The summed E-state index contributed by atoms with van der Waals surface area (Å²) in [5, 5.41) is 2.85. The summed E-state index contributed by atoms with van der Waals surface area (Å²) in [7, 11) is -1.16. The van der Waals surface area contributed by atoms with E-state index in [1.807, 2.05) is 6.07 Å². The maximum Gasteiger partial charge on any atom is 0.327 e. The summed E-state index contributed by atoms with van der Waals surface area (Å²) in [6, 6.07) is 6.28. The number of nitrogens with one attached hydrogen (secondary N) is 2. The summed E-state index contributed by atoms with van der Waals surface area (Å²) in [6.07, 6.45) is 4.89. The van der Waals surface area contributed by atoms with Crippen molar-refractivity contribution in [3.8, 4) is 0 Å². The number of likely N-dealkylation sites (tertiary alicyclic amines) is 2. The van der Waals surface area contributed by atoms with E-state index in [0.29, 0.717) is 38.0 Å². The second-order valence-corrected chi connectivity index (χ2v) is 11.9. The minimum atomic E-state index is -1.16. The smallest absolute Gasteiger partial charge is 0.327 e. The SMILES string of the molecule is CS(=O)CCN1CC(c2cccc(F)c2F)CCC(NC(=O)N2CCC(n3c(=O)[nH]c4ncccc43)CC2)C1=O. The van der Waals surface area contributed by atoms with Gasteiger partial charge in [0.15, 0.2) is 17.3 Å². The van der Waals surface area contributed by atoms with E-state index in [4.69, 9.17) is 0 Å². The predicted octanol–water partition coefficient (Wildman–Crippen LogP) is 2.50. The van der Waals surface area contributed by atoms with E-state index < -0.39 is 34.4 Å². The molecule has 2 N–H and O–H groups in total. The lowest BCUT2D eigenvalue weighted by atomic mass is 9.93. The summed E-state index contributed by atoms with van der Waals surface area (Å²) >= 11 is 0. The van der Waals surface area contributed by atoms with Crippen LogP contribution in [0.2, 0.25) is 0 Å². The number of fused-ring (bicyclic) bond motifs is 1. The molecule has 3 aromatic rings. The number of aromatic nitrogens is 3. The van der Waals surface area contributed by atoms with Crippen molar-refractivity contribution >= 4 is 33.9 Å². The van der Waals surface area contributed by atoms with Gasteiger partial charge in [-0.3, -0.25) is 18.6 Å². The minimum Gasteiger partial charge on any atom is -0.339 e. The molecule has 40 heavy (non-hydrogen) atoms. The van der Waals surface area contributed by atoms with Gasteiger partial charge in [0.1, 0.15) is 6.04 Å². The highest BCUT2D eigenvalue weighted by molar-refractivity contribution is 7.84. The van der Waals surface area contributed by atoms with Crippen molar-refractivity contribution in [2.75, 3.05) is 38.2 Å². The molecule has 0 aliphatic carbocycles. The maximum atomic E-state index is 14.6. The molecule has 3 unspecified atom stereocenters. The molecule has 2 aliphatic heterocycles. The molecule has 2 fully saturated rings. The number of imidazole rings is 1. The summed E-state index contributed by atoms with van der Waals surface area (Å²) in [4.78, 5) is 49.3. The van der Waals surface area contributed by atoms with Gasteiger partial charge in [0.2, 0.25) is 5.91 Å². The second kappa shape index (κ2) is 11.9. The largest absolute Gasteiger partial charge is 0.339 e.